The Morgan fingerprint density at radius 3 is 2.04 bits per heavy atom. The number of carbonyl (C=O) groups excluding carboxylic acids is 2. The van der Waals surface area contributed by atoms with Crippen molar-refractivity contribution in [2.75, 3.05) is 13.1 Å². The number of benzene rings is 1. The van der Waals surface area contributed by atoms with Crippen molar-refractivity contribution in [2.45, 2.75) is 39.4 Å². The van der Waals surface area contributed by atoms with E-state index in [1.807, 2.05) is 12.1 Å². The fraction of sp³-hybridized carbons (Fsp3) is 0.500. The summed E-state index contributed by atoms with van der Waals surface area (Å²) >= 11 is 0. The molecule has 0 radical (unpaired) electrons. The molecule has 1 aromatic rings. The van der Waals surface area contributed by atoms with Crippen LogP contribution >= 0.6 is 24.8 Å². The molecular formula is C16H28Cl2N4O2. The number of hydrogen-bond donors (Lipinski definition) is 3. The van der Waals surface area contributed by atoms with Gasteiger partial charge in [-0.05, 0) is 24.2 Å². The van der Waals surface area contributed by atoms with Crippen LogP contribution in [0.15, 0.2) is 24.3 Å². The van der Waals surface area contributed by atoms with Crippen LogP contribution in [0.25, 0.3) is 0 Å². The molecule has 0 aliphatic rings. The summed E-state index contributed by atoms with van der Waals surface area (Å²) in [6, 6.07) is 7.20. The second-order valence-electron chi connectivity index (χ2n) is 5.27. The third-order valence-corrected chi connectivity index (χ3v) is 3.55. The van der Waals surface area contributed by atoms with Crippen molar-refractivity contribution in [2.24, 2.45) is 11.5 Å². The lowest BCUT2D eigenvalue weighted by atomic mass is 10.1. The van der Waals surface area contributed by atoms with E-state index >= 15 is 0 Å². The molecule has 138 valence electrons. The molecule has 0 saturated carbocycles. The van der Waals surface area contributed by atoms with Crippen LogP contribution in [0.1, 0.15) is 31.4 Å². The lowest BCUT2D eigenvalue weighted by molar-refractivity contribution is -0.126. The van der Waals surface area contributed by atoms with E-state index in [0.29, 0.717) is 6.54 Å². The zero-order valence-corrected chi connectivity index (χ0v) is 15.8. The molecule has 24 heavy (non-hydrogen) atoms. The predicted octanol–water partition coefficient (Wildman–Crippen LogP) is 1.19. The topological polar surface area (TPSA) is 101 Å². The zero-order chi connectivity index (χ0) is 16.5. The van der Waals surface area contributed by atoms with E-state index in [4.69, 9.17) is 11.5 Å². The van der Waals surface area contributed by atoms with Gasteiger partial charge in [-0.25, -0.2) is 0 Å². The van der Waals surface area contributed by atoms with Crippen molar-refractivity contribution in [3.8, 4) is 0 Å². The molecule has 6 nitrogen and oxygen atoms in total. The van der Waals surface area contributed by atoms with Gasteiger partial charge in [0.25, 0.3) is 0 Å². The first-order valence-electron chi connectivity index (χ1n) is 7.58. The van der Waals surface area contributed by atoms with Gasteiger partial charge in [-0.15, -0.1) is 24.8 Å². The molecule has 1 aromatic carbocycles. The van der Waals surface area contributed by atoms with Crippen LogP contribution in [-0.2, 0) is 22.7 Å². The maximum absolute atomic E-state index is 11.7. The maximum atomic E-state index is 11.7. The minimum Gasteiger partial charge on any atom is -0.370 e. The van der Waals surface area contributed by atoms with Crippen LogP contribution in [0, 0.1) is 0 Å². The molecule has 5 N–H and O–H groups in total. The smallest absolute Gasteiger partial charge is 0.237 e. The van der Waals surface area contributed by atoms with Crippen LogP contribution in [0.2, 0.25) is 0 Å². The van der Waals surface area contributed by atoms with E-state index in [2.05, 4.69) is 36.2 Å². The van der Waals surface area contributed by atoms with Gasteiger partial charge in [0.2, 0.25) is 11.8 Å². The molecular weight excluding hydrogens is 351 g/mol. The summed E-state index contributed by atoms with van der Waals surface area (Å²) in [4.78, 5) is 24.7. The van der Waals surface area contributed by atoms with E-state index in [1.165, 1.54) is 5.56 Å². The summed E-state index contributed by atoms with van der Waals surface area (Å²) < 4.78 is 0. The van der Waals surface area contributed by atoms with Gasteiger partial charge < -0.3 is 16.8 Å². The minimum absolute atomic E-state index is 0. The summed E-state index contributed by atoms with van der Waals surface area (Å²) in [5.74, 6) is -0.950. The van der Waals surface area contributed by atoms with E-state index < -0.39 is 11.9 Å². The molecule has 0 aliphatic carbocycles. The Balaban J connectivity index is 0. The second-order valence-corrected chi connectivity index (χ2v) is 5.27. The third-order valence-electron chi connectivity index (χ3n) is 3.55. The number of primary amides is 1. The highest BCUT2D eigenvalue weighted by molar-refractivity contribution is 5.87. The van der Waals surface area contributed by atoms with Crippen molar-refractivity contribution in [1.29, 1.82) is 0 Å². The quantitative estimate of drug-likeness (QED) is 0.600. The van der Waals surface area contributed by atoms with Gasteiger partial charge in [0.15, 0.2) is 0 Å². The molecule has 0 fully saturated rings. The fourth-order valence-corrected chi connectivity index (χ4v) is 2.10. The van der Waals surface area contributed by atoms with E-state index in [9.17, 15) is 9.59 Å². The van der Waals surface area contributed by atoms with Crippen molar-refractivity contribution < 1.29 is 9.59 Å². The molecule has 0 heterocycles. The van der Waals surface area contributed by atoms with Crippen LogP contribution < -0.4 is 16.8 Å². The molecule has 0 spiro atoms. The largest absolute Gasteiger partial charge is 0.370 e. The third kappa shape index (κ3) is 9.08. The number of nitrogens with two attached hydrogens (primary N) is 2. The second kappa shape index (κ2) is 13.0. The highest BCUT2D eigenvalue weighted by atomic mass is 35.5. The lowest BCUT2D eigenvalue weighted by Crippen LogP contribution is -2.42. The summed E-state index contributed by atoms with van der Waals surface area (Å²) in [5, 5.41) is 2.70. The lowest BCUT2D eigenvalue weighted by Gasteiger charge is -2.18. The average molecular weight is 379 g/mol. The molecule has 1 unspecified atom stereocenters. The Kier molecular flexibility index (Phi) is 13.5. The molecule has 1 atom stereocenters. The monoisotopic (exact) mass is 378 g/mol. The Morgan fingerprint density at radius 2 is 1.58 bits per heavy atom. The number of halogens is 2. The Bertz CT molecular complexity index is 493. The molecule has 1 rings (SSSR count). The van der Waals surface area contributed by atoms with Gasteiger partial charge in [-0.2, -0.15) is 0 Å². The molecule has 0 bridgehead atoms. The summed E-state index contributed by atoms with van der Waals surface area (Å²) in [6.45, 7) is 7.63. The van der Waals surface area contributed by atoms with Crippen molar-refractivity contribution in [3.63, 3.8) is 0 Å². The number of nitrogens with one attached hydrogen (secondary N) is 1. The first-order valence-corrected chi connectivity index (χ1v) is 7.58. The standard InChI is InChI=1S/C16H26N4O2.2ClH/c1-3-20(4-2)11-13-7-5-12(6-8-13)10-19-16(22)14(17)9-15(18)21;;/h5-8,14H,3-4,9-11,17H2,1-2H3,(H2,18,21)(H,19,22);2*1H. The molecule has 0 saturated heterocycles. The number of nitrogens with zero attached hydrogens (tertiary/aromatic N) is 1. The summed E-state index contributed by atoms with van der Waals surface area (Å²) in [7, 11) is 0. The number of amides is 2. The Hall–Kier alpha value is -1.34. The number of hydrogen-bond acceptors (Lipinski definition) is 4. The highest BCUT2D eigenvalue weighted by Crippen LogP contribution is 2.07. The average Bonchev–Trinajstić information content (AvgIpc) is 2.50. The van der Waals surface area contributed by atoms with Crippen molar-refractivity contribution >= 4 is 36.6 Å². The van der Waals surface area contributed by atoms with Gasteiger partial charge in [0.1, 0.15) is 0 Å². The first kappa shape index (κ1) is 24.9. The molecule has 8 heteroatoms. The van der Waals surface area contributed by atoms with Crippen LogP contribution in [-0.4, -0.2) is 35.8 Å². The first-order chi connectivity index (χ1) is 10.5. The molecule has 0 aromatic heterocycles. The Morgan fingerprint density at radius 1 is 1.08 bits per heavy atom. The van der Waals surface area contributed by atoms with Crippen molar-refractivity contribution in [3.05, 3.63) is 35.4 Å². The van der Waals surface area contributed by atoms with Gasteiger partial charge in [0, 0.05) is 13.1 Å². The van der Waals surface area contributed by atoms with Gasteiger partial charge in [-0.3, -0.25) is 14.5 Å². The highest BCUT2D eigenvalue weighted by Gasteiger charge is 2.15. The molecule has 0 aliphatic heterocycles. The van der Waals surface area contributed by atoms with E-state index in [1.54, 1.807) is 0 Å². The fourth-order valence-electron chi connectivity index (χ4n) is 2.10. The maximum Gasteiger partial charge on any atom is 0.237 e. The van der Waals surface area contributed by atoms with Crippen LogP contribution in [0.4, 0.5) is 0 Å². The van der Waals surface area contributed by atoms with Gasteiger partial charge in [0.05, 0.1) is 12.5 Å². The van der Waals surface area contributed by atoms with Crippen LogP contribution in [0.5, 0.6) is 0 Å². The SMILES string of the molecule is CCN(CC)Cc1ccc(CNC(=O)C(N)CC(N)=O)cc1.Cl.Cl. The summed E-state index contributed by atoms with van der Waals surface area (Å²) in [5.41, 5.74) is 12.8. The normalized spacial score (nSPS) is 11.2. The number of rotatable bonds is 9. The van der Waals surface area contributed by atoms with E-state index in [-0.39, 0.29) is 37.1 Å². The zero-order valence-electron chi connectivity index (χ0n) is 14.2. The Labute approximate surface area is 156 Å². The van der Waals surface area contributed by atoms with Gasteiger partial charge >= 0.3 is 0 Å². The molecule has 2 amide bonds. The van der Waals surface area contributed by atoms with E-state index in [0.717, 1.165) is 25.2 Å². The number of carbonyl (C=O) groups is 2. The van der Waals surface area contributed by atoms with Crippen molar-refractivity contribution in [1.82, 2.24) is 10.2 Å². The van der Waals surface area contributed by atoms with Gasteiger partial charge in [-0.1, -0.05) is 38.1 Å². The predicted molar refractivity (Wildman–Crippen MR) is 101 cm³/mol. The van der Waals surface area contributed by atoms with Crippen LogP contribution in [0.3, 0.4) is 0 Å². The minimum atomic E-state index is -0.889. The summed E-state index contributed by atoms with van der Waals surface area (Å²) in [6.07, 6.45) is -0.144.